The first-order chi connectivity index (χ1) is 10.0. The highest BCUT2D eigenvalue weighted by Crippen LogP contribution is 2.20. The van der Waals surface area contributed by atoms with Crippen molar-refractivity contribution in [2.24, 2.45) is 5.92 Å². The number of hydrogen-bond donors (Lipinski definition) is 2. The number of nitrogens with zero attached hydrogens (tertiary/aromatic N) is 2. The van der Waals surface area contributed by atoms with E-state index < -0.39 is 0 Å². The van der Waals surface area contributed by atoms with Crippen LogP contribution < -0.4 is 5.69 Å². The van der Waals surface area contributed by atoms with E-state index in [1.807, 2.05) is 4.90 Å². The molecule has 1 unspecified atom stereocenters. The number of carbonyl (C=O) groups is 1. The lowest BCUT2D eigenvalue weighted by molar-refractivity contribution is -0.132. The standard InChI is InChI=1S/C15H23N3O3/c1-10-13(11(2)17-15(21)16-10)8-14(20)18-6-3-4-12(9-18)5-7-19/h12,19H,3-9H2,1-2H3,(H,16,17,21). The monoisotopic (exact) mass is 293 g/mol. The van der Waals surface area contributed by atoms with Crippen LogP contribution in [-0.4, -0.2) is 45.6 Å². The second-order valence-corrected chi connectivity index (χ2v) is 5.77. The molecule has 0 aliphatic carbocycles. The first kappa shape index (κ1) is 15.7. The molecule has 0 aromatic carbocycles. The number of rotatable bonds is 4. The normalized spacial score (nSPS) is 18.8. The van der Waals surface area contributed by atoms with Gasteiger partial charge >= 0.3 is 5.69 Å². The molecule has 1 aromatic heterocycles. The molecule has 0 saturated carbocycles. The van der Waals surface area contributed by atoms with Crippen molar-refractivity contribution in [3.63, 3.8) is 0 Å². The number of aliphatic hydroxyl groups is 1. The number of carbonyl (C=O) groups excluding carboxylic acids is 1. The van der Waals surface area contributed by atoms with Crippen LogP contribution in [0.25, 0.3) is 0 Å². The maximum atomic E-state index is 12.5. The smallest absolute Gasteiger partial charge is 0.345 e. The molecule has 21 heavy (non-hydrogen) atoms. The molecule has 2 rings (SSSR count). The van der Waals surface area contributed by atoms with Gasteiger partial charge in [-0.15, -0.1) is 0 Å². The Balaban J connectivity index is 2.06. The minimum atomic E-state index is -0.373. The third kappa shape index (κ3) is 3.91. The number of nitrogens with one attached hydrogen (secondary N) is 1. The SMILES string of the molecule is Cc1nc(=O)[nH]c(C)c1CC(=O)N1CCCC(CCO)C1. The Hall–Kier alpha value is -1.69. The zero-order chi connectivity index (χ0) is 15.4. The minimum absolute atomic E-state index is 0.0673. The van der Waals surface area contributed by atoms with Gasteiger partial charge in [-0.3, -0.25) is 4.79 Å². The Morgan fingerprint density at radius 2 is 2.24 bits per heavy atom. The maximum absolute atomic E-state index is 12.5. The van der Waals surface area contributed by atoms with Crippen LogP contribution in [0.3, 0.4) is 0 Å². The average Bonchev–Trinajstić information content (AvgIpc) is 2.43. The van der Waals surface area contributed by atoms with Crippen molar-refractivity contribution in [1.82, 2.24) is 14.9 Å². The summed E-state index contributed by atoms with van der Waals surface area (Å²) in [5.74, 6) is 0.460. The molecule has 1 aromatic rings. The Kier molecular flexibility index (Phi) is 5.12. The van der Waals surface area contributed by atoms with E-state index in [4.69, 9.17) is 5.11 Å². The van der Waals surface area contributed by atoms with Gasteiger partial charge in [0, 0.05) is 36.6 Å². The summed E-state index contributed by atoms with van der Waals surface area (Å²) in [5, 5.41) is 9.03. The highest BCUT2D eigenvalue weighted by atomic mass is 16.3. The number of aromatic amines is 1. The van der Waals surface area contributed by atoms with Gasteiger partial charge in [0.2, 0.25) is 5.91 Å². The van der Waals surface area contributed by atoms with Gasteiger partial charge < -0.3 is 15.0 Å². The van der Waals surface area contributed by atoms with E-state index in [1.54, 1.807) is 13.8 Å². The van der Waals surface area contributed by atoms with Gasteiger partial charge in [-0.1, -0.05) is 0 Å². The molecular formula is C15H23N3O3. The second-order valence-electron chi connectivity index (χ2n) is 5.77. The molecule has 2 heterocycles. The van der Waals surface area contributed by atoms with E-state index in [2.05, 4.69) is 9.97 Å². The number of hydrogen-bond acceptors (Lipinski definition) is 4. The van der Waals surface area contributed by atoms with E-state index in [-0.39, 0.29) is 24.6 Å². The van der Waals surface area contributed by atoms with E-state index in [9.17, 15) is 9.59 Å². The van der Waals surface area contributed by atoms with Crippen LogP contribution in [0.2, 0.25) is 0 Å². The summed E-state index contributed by atoms with van der Waals surface area (Å²) in [4.78, 5) is 32.1. The van der Waals surface area contributed by atoms with Crippen LogP contribution in [0.15, 0.2) is 4.79 Å². The summed E-state index contributed by atoms with van der Waals surface area (Å²) in [6, 6.07) is 0. The molecule has 0 spiro atoms. The quantitative estimate of drug-likeness (QED) is 0.849. The molecule has 6 heteroatoms. The maximum Gasteiger partial charge on any atom is 0.345 e. The molecule has 1 atom stereocenters. The molecule has 6 nitrogen and oxygen atoms in total. The fraction of sp³-hybridized carbons (Fsp3) is 0.667. The summed E-state index contributed by atoms with van der Waals surface area (Å²) in [6.07, 6.45) is 3.08. The Labute approximate surface area is 124 Å². The first-order valence-corrected chi connectivity index (χ1v) is 7.46. The second kappa shape index (κ2) is 6.85. The molecule has 0 bridgehead atoms. The molecule has 1 aliphatic rings. The summed E-state index contributed by atoms with van der Waals surface area (Å²) in [5.41, 5.74) is 1.77. The predicted molar refractivity (Wildman–Crippen MR) is 79.0 cm³/mol. The van der Waals surface area contributed by atoms with Gasteiger partial charge in [0.25, 0.3) is 0 Å². The predicted octanol–water partition coefficient (Wildman–Crippen LogP) is 0.550. The van der Waals surface area contributed by atoms with Crippen LogP contribution in [0.1, 0.15) is 36.2 Å². The Bertz CT molecular complexity index is 540. The molecule has 1 saturated heterocycles. The fourth-order valence-corrected chi connectivity index (χ4v) is 2.99. The lowest BCUT2D eigenvalue weighted by atomic mass is 9.94. The summed E-state index contributed by atoms with van der Waals surface area (Å²) in [6.45, 7) is 5.22. The minimum Gasteiger partial charge on any atom is -0.396 e. The largest absolute Gasteiger partial charge is 0.396 e. The van der Waals surface area contributed by atoms with E-state index in [0.29, 0.717) is 23.9 Å². The number of piperidine rings is 1. The summed E-state index contributed by atoms with van der Waals surface area (Å²) >= 11 is 0. The van der Waals surface area contributed by atoms with Gasteiger partial charge in [0.15, 0.2) is 0 Å². The van der Waals surface area contributed by atoms with E-state index in [0.717, 1.165) is 31.4 Å². The number of H-pyrrole nitrogens is 1. The van der Waals surface area contributed by atoms with Gasteiger partial charge in [-0.25, -0.2) is 4.79 Å². The van der Waals surface area contributed by atoms with E-state index >= 15 is 0 Å². The van der Waals surface area contributed by atoms with Gasteiger partial charge in [-0.2, -0.15) is 4.98 Å². The molecule has 116 valence electrons. The molecule has 2 N–H and O–H groups in total. The lowest BCUT2D eigenvalue weighted by Gasteiger charge is -2.32. The zero-order valence-corrected chi connectivity index (χ0v) is 12.7. The molecular weight excluding hydrogens is 270 g/mol. The van der Waals surface area contributed by atoms with Crippen molar-refractivity contribution in [3.8, 4) is 0 Å². The van der Waals surface area contributed by atoms with Crippen LogP contribution in [0, 0.1) is 19.8 Å². The van der Waals surface area contributed by atoms with Gasteiger partial charge in [0.1, 0.15) is 0 Å². The fourth-order valence-electron chi connectivity index (χ4n) is 2.99. The third-order valence-electron chi connectivity index (χ3n) is 4.19. The lowest BCUT2D eigenvalue weighted by Crippen LogP contribution is -2.41. The number of likely N-dealkylation sites (tertiary alicyclic amines) is 1. The van der Waals surface area contributed by atoms with Gasteiger partial charge in [0.05, 0.1) is 6.42 Å². The van der Waals surface area contributed by atoms with Crippen LogP contribution in [0.5, 0.6) is 0 Å². The summed E-state index contributed by atoms with van der Waals surface area (Å²) < 4.78 is 0. The molecule has 1 amide bonds. The highest BCUT2D eigenvalue weighted by Gasteiger charge is 2.24. The van der Waals surface area contributed by atoms with Crippen molar-refractivity contribution in [1.29, 1.82) is 0 Å². The molecule has 0 radical (unpaired) electrons. The Morgan fingerprint density at radius 3 is 2.90 bits per heavy atom. The first-order valence-electron chi connectivity index (χ1n) is 7.46. The topological polar surface area (TPSA) is 86.3 Å². The number of aliphatic hydroxyl groups excluding tert-OH is 1. The number of amides is 1. The molecule has 1 aliphatic heterocycles. The number of aryl methyl sites for hydroxylation is 2. The van der Waals surface area contributed by atoms with Crippen LogP contribution in [-0.2, 0) is 11.2 Å². The Morgan fingerprint density at radius 1 is 1.48 bits per heavy atom. The zero-order valence-electron chi connectivity index (χ0n) is 12.7. The van der Waals surface area contributed by atoms with Gasteiger partial charge in [-0.05, 0) is 39.0 Å². The molecule has 1 fully saturated rings. The van der Waals surface area contributed by atoms with Crippen LogP contribution in [0.4, 0.5) is 0 Å². The highest BCUT2D eigenvalue weighted by molar-refractivity contribution is 5.79. The summed E-state index contributed by atoms with van der Waals surface area (Å²) in [7, 11) is 0. The van der Waals surface area contributed by atoms with Crippen molar-refractivity contribution in [2.75, 3.05) is 19.7 Å². The number of aromatic nitrogens is 2. The average molecular weight is 293 g/mol. The van der Waals surface area contributed by atoms with Crippen molar-refractivity contribution in [3.05, 3.63) is 27.4 Å². The van der Waals surface area contributed by atoms with Crippen molar-refractivity contribution in [2.45, 2.75) is 39.5 Å². The van der Waals surface area contributed by atoms with Crippen molar-refractivity contribution >= 4 is 5.91 Å². The van der Waals surface area contributed by atoms with Crippen molar-refractivity contribution < 1.29 is 9.90 Å². The van der Waals surface area contributed by atoms with Crippen LogP contribution >= 0.6 is 0 Å². The van der Waals surface area contributed by atoms with E-state index in [1.165, 1.54) is 0 Å². The third-order valence-corrected chi connectivity index (χ3v) is 4.19.